The second-order valence-electron chi connectivity index (χ2n) is 5.98. The SMILES string of the molecule is CCCC(=O)Nc1cccc(NC(=O)COc2ccc(C)cc2C)c1. The van der Waals surface area contributed by atoms with Crippen LogP contribution >= 0.6 is 0 Å². The molecule has 132 valence electrons. The molecule has 5 nitrogen and oxygen atoms in total. The molecule has 0 aromatic heterocycles. The van der Waals surface area contributed by atoms with Crippen LogP contribution < -0.4 is 15.4 Å². The number of hydrogen-bond donors (Lipinski definition) is 2. The highest BCUT2D eigenvalue weighted by molar-refractivity contribution is 5.94. The molecule has 0 fully saturated rings. The van der Waals surface area contributed by atoms with Crippen molar-refractivity contribution in [3.63, 3.8) is 0 Å². The Morgan fingerprint density at radius 1 is 0.960 bits per heavy atom. The zero-order valence-electron chi connectivity index (χ0n) is 14.9. The fourth-order valence-electron chi connectivity index (χ4n) is 2.43. The highest BCUT2D eigenvalue weighted by Gasteiger charge is 2.07. The molecule has 0 saturated heterocycles. The lowest BCUT2D eigenvalue weighted by atomic mass is 10.1. The van der Waals surface area contributed by atoms with E-state index < -0.39 is 0 Å². The quantitative estimate of drug-likeness (QED) is 0.799. The zero-order chi connectivity index (χ0) is 18.2. The van der Waals surface area contributed by atoms with Gasteiger partial charge in [0.15, 0.2) is 6.61 Å². The molecule has 0 heterocycles. The van der Waals surface area contributed by atoms with Crippen molar-refractivity contribution in [3.05, 3.63) is 53.6 Å². The number of carbonyl (C=O) groups is 2. The minimum atomic E-state index is -0.253. The molecule has 0 saturated carbocycles. The van der Waals surface area contributed by atoms with E-state index in [-0.39, 0.29) is 18.4 Å². The summed E-state index contributed by atoms with van der Waals surface area (Å²) in [5.41, 5.74) is 3.42. The molecule has 2 N–H and O–H groups in total. The highest BCUT2D eigenvalue weighted by atomic mass is 16.5. The Morgan fingerprint density at radius 2 is 1.64 bits per heavy atom. The average molecular weight is 340 g/mol. The predicted molar refractivity (Wildman–Crippen MR) is 100 cm³/mol. The lowest BCUT2D eigenvalue weighted by Crippen LogP contribution is -2.20. The molecule has 0 aliphatic rings. The molecule has 0 atom stereocenters. The van der Waals surface area contributed by atoms with Gasteiger partial charge in [0.2, 0.25) is 5.91 Å². The molecule has 2 amide bonds. The van der Waals surface area contributed by atoms with Gasteiger partial charge >= 0.3 is 0 Å². The smallest absolute Gasteiger partial charge is 0.262 e. The number of anilines is 2. The maximum absolute atomic E-state index is 12.1. The molecule has 2 aromatic carbocycles. The van der Waals surface area contributed by atoms with Crippen LogP contribution in [-0.4, -0.2) is 18.4 Å². The number of carbonyl (C=O) groups excluding carboxylic acids is 2. The van der Waals surface area contributed by atoms with E-state index in [2.05, 4.69) is 10.6 Å². The van der Waals surface area contributed by atoms with Gasteiger partial charge in [-0.15, -0.1) is 0 Å². The Labute approximate surface area is 148 Å². The van der Waals surface area contributed by atoms with Crippen molar-refractivity contribution < 1.29 is 14.3 Å². The normalized spacial score (nSPS) is 10.2. The number of hydrogen-bond acceptors (Lipinski definition) is 3. The van der Waals surface area contributed by atoms with Crippen molar-refractivity contribution in [3.8, 4) is 5.75 Å². The van der Waals surface area contributed by atoms with Crippen molar-refractivity contribution in [1.82, 2.24) is 0 Å². The van der Waals surface area contributed by atoms with Gasteiger partial charge in [0.1, 0.15) is 5.75 Å². The van der Waals surface area contributed by atoms with Crippen LogP contribution in [-0.2, 0) is 9.59 Å². The summed E-state index contributed by atoms with van der Waals surface area (Å²) in [6.07, 6.45) is 1.26. The summed E-state index contributed by atoms with van der Waals surface area (Å²) in [6, 6.07) is 12.9. The van der Waals surface area contributed by atoms with Crippen molar-refractivity contribution in [2.75, 3.05) is 17.2 Å². The van der Waals surface area contributed by atoms with Crippen LogP contribution in [0.2, 0.25) is 0 Å². The van der Waals surface area contributed by atoms with Crippen molar-refractivity contribution in [2.24, 2.45) is 0 Å². The topological polar surface area (TPSA) is 67.4 Å². The molecular weight excluding hydrogens is 316 g/mol. The Balaban J connectivity index is 1.90. The summed E-state index contributed by atoms with van der Waals surface area (Å²) in [5.74, 6) is 0.405. The van der Waals surface area contributed by atoms with Crippen molar-refractivity contribution in [2.45, 2.75) is 33.6 Å². The van der Waals surface area contributed by atoms with Gasteiger partial charge in [-0.05, 0) is 50.1 Å². The van der Waals surface area contributed by atoms with Gasteiger partial charge in [0.25, 0.3) is 5.91 Å². The molecule has 0 aliphatic carbocycles. The van der Waals surface area contributed by atoms with E-state index in [1.165, 1.54) is 0 Å². The van der Waals surface area contributed by atoms with E-state index in [0.29, 0.717) is 23.5 Å². The fraction of sp³-hybridized carbons (Fsp3) is 0.300. The maximum Gasteiger partial charge on any atom is 0.262 e. The minimum absolute atomic E-state index is 0.0378. The fourth-order valence-corrected chi connectivity index (χ4v) is 2.43. The third-order valence-electron chi connectivity index (χ3n) is 3.60. The molecule has 2 rings (SSSR count). The summed E-state index contributed by atoms with van der Waals surface area (Å²) in [4.78, 5) is 23.7. The zero-order valence-corrected chi connectivity index (χ0v) is 14.9. The molecule has 0 bridgehead atoms. The van der Waals surface area contributed by atoms with Crippen LogP contribution in [0, 0.1) is 13.8 Å². The molecule has 0 radical (unpaired) electrons. The van der Waals surface area contributed by atoms with Crippen molar-refractivity contribution in [1.29, 1.82) is 0 Å². The monoisotopic (exact) mass is 340 g/mol. The number of aryl methyl sites for hydroxylation is 2. The van der Waals surface area contributed by atoms with E-state index in [1.54, 1.807) is 24.3 Å². The maximum atomic E-state index is 12.1. The summed E-state index contributed by atoms with van der Waals surface area (Å²) in [6.45, 7) is 5.83. The minimum Gasteiger partial charge on any atom is -0.483 e. The number of rotatable bonds is 7. The highest BCUT2D eigenvalue weighted by Crippen LogP contribution is 2.19. The van der Waals surface area contributed by atoms with Gasteiger partial charge in [0, 0.05) is 17.8 Å². The Kier molecular flexibility index (Phi) is 6.57. The molecule has 0 unspecified atom stereocenters. The number of nitrogens with one attached hydrogen (secondary N) is 2. The number of amides is 2. The first-order valence-electron chi connectivity index (χ1n) is 8.37. The summed E-state index contributed by atoms with van der Waals surface area (Å²) in [7, 11) is 0. The summed E-state index contributed by atoms with van der Waals surface area (Å²) in [5, 5.41) is 5.58. The van der Waals surface area contributed by atoms with Crippen LogP contribution in [0.15, 0.2) is 42.5 Å². The lowest BCUT2D eigenvalue weighted by molar-refractivity contribution is -0.118. The molecular formula is C20H24N2O3. The molecule has 5 heteroatoms. The third kappa shape index (κ3) is 5.95. The van der Waals surface area contributed by atoms with Crippen LogP contribution in [0.4, 0.5) is 11.4 Å². The van der Waals surface area contributed by atoms with Gasteiger partial charge in [-0.25, -0.2) is 0 Å². The Hall–Kier alpha value is -2.82. The molecule has 2 aromatic rings. The Bertz CT molecular complexity index is 756. The van der Waals surface area contributed by atoms with E-state index in [4.69, 9.17) is 4.74 Å². The van der Waals surface area contributed by atoms with E-state index in [9.17, 15) is 9.59 Å². The van der Waals surface area contributed by atoms with Gasteiger partial charge in [0.05, 0.1) is 0 Å². The van der Waals surface area contributed by atoms with Crippen LogP contribution in [0.5, 0.6) is 5.75 Å². The van der Waals surface area contributed by atoms with E-state index >= 15 is 0 Å². The number of benzene rings is 2. The van der Waals surface area contributed by atoms with E-state index in [1.807, 2.05) is 39.0 Å². The molecule has 0 spiro atoms. The first-order valence-corrected chi connectivity index (χ1v) is 8.37. The number of ether oxygens (including phenoxy) is 1. The largest absolute Gasteiger partial charge is 0.483 e. The second-order valence-corrected chi connectivity index (χ2v) is 5.98. The molecule has 0 aliphatic heterocycles. The lowest BCUT2D eigenvalue weighted by Gasteiger charge is -2.11. The third-order valence-corrected chi connectivity index (χ3v) is 3.60. The summed E-state index contributed by atoms with van der Waals surface area (Å²) >= 11 is 0. The van der Waals surface area contributed by atoms with Gasteiger partial charge < -0.3 is 15.4 Å². The van der Waals surface area contributed by atoms with Gasteiger partial charge in [-0.3, -0.25) is 9.59 Å². The molecule has 25 heavy (non-hydrogen) atoms. The second kappa shape index (κ2) is 8.87. The Morgan fingerprint density at radius 3 is 2.28 bits per heavy atom. The first-order chi connectivity index (χ1) is 12.0. The van der Waals surface area contributed by atoms with Crippen LogP contribution in [0.1, 0.15) is 30.9 Å². The predicted octanol–water partition coefficient (Wildman–Crippen LogP) is 4.06. The first kappa shape index (κ1) is 18.5. The average Bonchev–Trinajstić information content (AvgIpc) is 2.54. The van der Waals surface area contributed by atoms with Crippen LogP contribution in [0.3, 0.4) is 0 Å². The summed E-state index contributed by atoms with van der Waals surface area (Å²) < 4.78 is 5.57. The van der Waals surface area contributed by atoms with Gasteiger partial charge in [-0.1, -0.05) is 30.7 Å². The standard InChI is InChI=1S/C20H24N2O3/c1-4-6-19(23)21-16-7-5-8-17(12-16)22-20(24)13-25-18-10-9-14(2)11-15(18)3/h5,7-12H,4,6,13H2,1-3H3,(H,21,23)(H,22,24). The van der Waals surface area contributed by atoms with Crippen molar-refractivity contribution >= 4 is 23.2 Å². The van der Waals surface area contributed by atoms with Crippen LogP contribution in [0.25, 0.3) is 0 Å². The van der Waals surface area contributed by atoms with E-state index in [0.717, 1.165) is 17.5 Å². The van der Waals surface area contributed by atoms with Gasteiger partial charge in [-0.2, -0.15) is 0 Å².